The average molecular weight is 986 g/mol. The summed E-state index contributed by atoms with van der Waals surface area (Å²) in [7, 11) is 0. The van der Waals surface area contributed by atoms with E-state index in [2.05, 4.69) is 201 Å². The highest BCUT2D eigenvalue weighted by Gasteiger charge is 2.25. The highest BCUT2D eigenvalue weighted by Crippen LogP contribution is 2.42. The Morgan fingerprint density at radius 2 is 1.51 bits per heavy atom. The Kier molecular flexibility index (Phi) is 11.0. The lowest BCUT2D eigenvalue weighted by Gasteiger charge is -2.24. The molecule has 0 spiro atoms. The molecule has 6 heteroatoms. The first-order chi connectivity index (χ1) is 32.5. The lowest BCUT2D eigenvalue weighted by atomic mass is 9.81. The maximum atomic E-state index is 6.73. The van der Waals surface area contributed by atoms with E-state index in [4.69, 9.17) is 25.4 Å². The largest absolute Gasteiger partial charge is 0.456 e. The van der Waals surface area contributed by atoms with Crippen molar-refractivity contribution in [2.24, 2.45) is 10.4 Å². The van der Waals surface area contributed by atoms with Gasteiger partial charge < -0.3 is 8.83 Å². The van der Waals surface area contributed by atoms with Crippen LogP contribution in [-0.2, 0) is 6.42 Å². The Bertz CT molecular complexity index is 3730. The van der Waals surface area contributed by atoms with Gasteiger partial charge in [-0.25, -0.2) is 9.98 Å². The fraction of sp³-hybridized carbons (Fsp3) is 0.180. The number of benzene rings is 6. The lowest BCUT2D eigenvalue weighted by molar-refractivity contribution is 0.442. The summed E-state index contributed by atoms with van der Waals surface area (Å²) in [6.45, 7) is 15.8. The van der Waals surface area contributed by atoms with Crippen molar-refractivity contribution in [1.29, 1.82) is 0 Å². The molecule has 1 atom stereocenters. The van der Waals surface area contributed by atoms with Crippen LogP contribution in [0.25, 0.3) is 77.9 Å². The molecule has 0 bridgehead atoms. The molecule has 0 saturated carbocycles. The highest BCUT2D eigenvalue weighted by molar-refractivity contribution is 14.1. The van der Waals surface area contributed by atoms with E-state index in [9.17, 15) is 0 Å². The number of allylic oxidation sites excluding steroid dienone is 6. The smallest absolute Gasteiger partial charge is 0.202 e. The van der Waals surface area contributed by atoms with Crippen LogP contribution in [0.1, 0.15) is 82.4 Å². The number of oxazole rings is 1. The van der Waals surface area contributed by atoms with Gasteiger partial charge >= 0.3 is 0 Å². The van der Waals surface area contributed by atoms with Crippen LogP contribution in [0.15, 0.2) is 183 Å². The van der Waals surface area contributed by atoms with E-state index in [0.717, 1.165) is 113 Å². The van der Waals surface area contributed by atoms with E-state index in [0.29, 0.717) is 0 Å². The summed E-state index contributed by atoms with van der Waals surface area (Å²) in [5.74, 6) is 1.78. The maximum absolute atomic E-state index is 6.73. The number of fused-ring (bicyclic) bond motifs is 7. The van der Waals surface area contributed by atoms with Crippen LogP contribution < -0.4 is 10.8 Å². The quantitative estimate of drug-likeness (QED) is 0.0822. The monoisotopic (exact) mass is 985 g/mol. The van der Waals surface area contributed by atoms with Crippen molar-refractivity contribution < 1.29 is 8.83 Å². The van der Waals surface area contributed by atoms with Gasteiger partial charge in [-0.05, 0) is 148 Å². The number of hydrogen-bond donors (Lipinski definition) is 0. The fourth-order valence-electron chi connectivity index (χ4n) is 10.0. The number of rotatable bonds is 9. The summed E-state index contributed by atoms with van der Waals surface area (Å²) in [5, 5.41) is 5.50. The first-order valence-corrected chi connectivity index (χ1v) is 24.4. The molecule has 67 heavy (non-hydrogen) atoms. The van der Waals surface area contributed by atoms with E-state index < -0.39 is 0 Å². The molecule has 0 aliphatic heterocycles. The second-order valence-electron chi connectivity index (χ2n) is 19.0. The fourth-order valence-corrected chi connectivity index (χ4v) is 11.0. The van der Waals surface area contributed by atoms with Crippen LogP contribution in [0.5, 0.6) is 0 Å². The van der Waals surface area contributed by atoms with Crippen LogP contribution in [0.2, 0.25) is 0 Å². The predicted molar refractivity (Wildman–Crippen MR) is 288 cm³/mol. The molecule has 330 valence electrons. The van der Waals surface area contributed by atoms with Crippen LogP contribution in [-0.4, -0.2) is 15.3 Å². The molecule has 9 aromatic rings. The van der Waals surface area contributed by atoms with Gasteiger partial charge in [-0.15, -0.1) is 0 Å². The van der Waals surface area contributed by atoms with Gasteiger partial charge in [0.25, 0.3) is 0 Å². The Morgan fingerprint density at radius 1 is 0.761 bits per heavy atom. The summed E-state index contributed by atoms with van der Waals surface area (Å²) in [4.78, 5) is 10.7. The summed E-state index contributed by atoms with van der Waals surface area (Å²) in [5.41, 5.74) is 16.2. The van der Waals surface area contributed by atoms with E-state index in [1.54, 1.807) is 0 Å². The van der Waals surface area contributed by atoms with Crippen LogP contribution >= 0.6 is 22.6 Å². The minimum Gasteiger partial charge on any atom is -0.456 e. The first-order valence-electron chi connectivity index (χ1n) is 23.3. The highest BCUT2D eigenvalue weighted by atomic mass is 127. The van der Waals surface area contributed by atoms with Gasteiger partial charge in [-0.2, -0.15) is 0 Å². The number of furan rings is 1. The third kappa shape index (κ3) is 7.75. The van der Waals surface area contributed by atoms with Crippen molar-refractivity contribution in [2.45, 2.75) is 66.2 Å². The number of aromatic nitrogens is 2. The topological polar surface area (TPSA) is 56.5 Å². The molecule has 5 nitrogen and oxygen atoms in total. The zero-order valence-corrected chi connectivity index (χ0v) is 40.8. The van der Waals surface area contributed by atoms with Crippen molar-refractivity contribution in [2.75, 3.05) is 0 Å². The van der Waals surface area contributed by atoms with Gasteiger partial charge in [0.15, 0.2) is 5.42 Å². The van der Waals surface area contributed by atoms with Gasteiger partial charge in [0, 0.05) is 30.8 Å². The summed E-state index contributed by atoms with van der Waals surface area (Å²) >= 11 is 2.60. The molecule has 6 aromatic carbocycles. The SMILES string of the molecule is C=C(/C(C)=C(\N=C(/C)c1ccc2oc3ccccc3c2c1)n1c2ccccc2c2ccc(-c3ccccc3CC3=c4oc(C5C=CC(C(C)(C)C)=CC5)nc4=CCC3)c(I)c21)c1ccccc1. The van der Waals surface area contributed by atoms with Gasteiger partial charge in [0.2, 0.25) is 5.89 Å². The van der Waals surface area contributed by atoms with Gasteiger partial charge in [-0.1, -0.05) is 155 Å². The molecule has 0 fully saturated rings. The predicted octanol–water partition coefficient (Wildman–Crippen LogP) is 15.3. The Balaban J connectivity index is 1.06. The molecular weight excluding hydrogens is 934 g/mol. The number of halogens is 1. The summed E-state index contributed by atoms with van der Waals surface area (Å²) in [6, 6.07) is 47.2. The molecule has 0 amide bonds. The maximum Gasteiger partial charge on any atom is 0.202 e. The molecule has 1 unspecified atom stereocenters. The van der Waals surface area contributed by atoms with E-state index in [1.807, 2.05) is 18.2 Å². The molecule has 0 radical (unpaired) electrons. The third-order valence-corrected chi connectivity index (χ3v) is 14.8. The molecular formula is C61H52IN3O2. The van der Waals surface area contributed by atoms with Crippen molar-refractivity contribution in [3.05, 3.63) is 206 Å². The minimum absolute atomic E-state index is 0.119. The third-order valence-electron chi connectivity index (χ3n) is 13.7. The number of aliphatic imine (C=N–C) groups is 1. The Labute approximate surface area is 405 Å². The average Bonchev–Trinajstić information content (AvgIpc) is 4.06. The molecule has 11 rings (SSSR count). The van der Waals surface area contributed by atoms with Crippen molar-refractivity contribution in [3.8, 4) is 11.1 Å². The standard InChI is InChI=1S/C61H52IN3O2/c1-37(40-17-8-7-9-18-40)38(2)59(63-39(3)42-29-34-55-51(36-42)48-23-13-15-26-54(48)66-55)65-53-25-14-12-22-47(53)50-33-32-49(56(62)57(50)65)46-21-11-10-19-43(46)35-44-20-16-24-52-58(44)67-60(64-52)41-27-30-45(31-28-41)61(4,5)6/h7-15,17-19,21-27,29-34,36,41H,1,16,20,28,35H2,2-6H3/b59-38+,63-39+. The number of hydrogen-bond acceptors (Lipinski definition) is 4. The van der Waals surface area contributed by atoms with Gasteiger partial charge in [0.1, 0.15) is 22.3 Å². The molecule has 0 saturated heterocycles. The Morgan fingerprint density at radius 3 is 2.31 bits per heavy atom. The van der Waals surface area contributed by atoms with Crippen LogP contribution in [0.3, 0.4) is 0 Å². The van der Waals surface area contributed by atoms with E-state index >= 15 is 0 Å². The van der Waals surface area contributed by atoms with Crippen molar-refractivity contribution in [1.82, 2.24) is 9.55 Å². The van der Waals surface area contributed by atoms with Gasteiger partial charge in [0.05, 0.1) is 17.0 Å². The first kappa shape index (κ1) is 42.8. The summed E-state index contributed by atoms with van der Waals surface area (Å²) < 4.78 is 16.5. The lowest BCUT2D eigenvalue weighted by Crippen LogP contribution is -2.28. The zero-order chi connectivity index (χ0) is 46.0. The Hall–Kier alpha value is -6.77. The summed E-state index contributed by atoms with van der Waals surface area (Å²) in [6.07, 6.45) is 12.7. The van der Waals surface area contributed by atoms with E-state index in [-0.39, 0.29) is 11.3 Å². The van der Waals surface area contributed by atoms with Crippen molar-refractivity contribution in [3.63, 3.8) is 0 Å². The second-order valence-corrected chi connectivity index (χ2v) is 20.1. The van der Waals surface area contributed by atoms with Gasteiger partial charge in [-0.3, -0.25) is 4.57 Å². The minimum atomic E-state index is 0.119. The molecule has 0 N–H and O–H groups in total. The molecule has 2 aliphatic rings. The van der Waals surface area contributed by atoms with Crippen LogP contribution in [0.4, 0.5) is 0 Å². The van der Waals surface area contributed by atoms with E-state index in [1.165, 1.54) is 38.6 Å². The molecule has 3 heterocycles. The zero-order valence-electron chi connectivity index (χ0n) is 38.7. The number of para-hydroxylation sites is 2. The molecule has 2 aliphatic carbocycles. The van der Waals surface area contributed by atoms with Crippen LogP contribution in [0, 0.1) is 8.99 Å². The normalized spacial score (nSPS) is 15.9. The van der Waals surface area contributed by atoms with Crippen molar-refractivity contribution >= 4 is 95.1 Å². The number of nitrogens with zero attached hydrogens (tertiary/aromatic N) is 3. The molecule has 3 aromatic heterocycles. The second kappa shape index (κ2) is 17.1.